The molecule has 0 unspecified atom stereocenters. The van der Waals surface area contributed by atoms with Crippen molar-refractivity contribution in [2.24, 2.45) is 11.7 Å². The summed E-state index contributed by atoms with van der Waals surface area (Å²) in [6, 6.07) is 8.08. The lowest BCUT2D eigenvalue weighted by Crippen LogP contribution is -2.54. The lowest BCUT2D eigenvalue weighted by molar-refractivity contribution is -0.384. The predicted molar refractivity (Wildman–Crippen MR) is 239 cm³/mol. The van der Waals surface area contributed by atoms with Crippen LogP contribution in [0.5, 0.6) is 5.75 Å². The summed E-state index contributed by atoms with van der Waals surface area (Å²) in [5.41, 5.74) is 12.2. The van der Waals surface area contributed by atoms with Gasteiger partial charge in [0.15, 0.2) is 0 Å². The van der Waals surface area contributed by atoms with Gasteiger partial charge in [-0.05, 0) is 48.6 Å². The summed E-state index contributed by atoms with van der Waals surface area (Å²) < 4.78 is 31.2. The van der Waals surface area contributed by atoms with Crippen LogP contribution in [0, 0.1) is 16.0 Å². The van der Waals surface area contributed by atoms with Gasteiger partial charge in [-0.15, -0.1) is 5.53 Å². The van der Waals surface area contributed by atoms with E-state index in [0.29, 0.717) is 23.5 Å². The number of nitrogens with two attached hydrogens (primary N) is 1. The van der Waals surface area contributed by atoms with E-state index in [1.807, 2.05) is 0 Å². The first kappa shape index (κ1) is 53.6. The van der Waals surface area contributed by atoms with E-state index in [-0.39, 0.29) is 90.2 Å². The molecule has 27 nitrogen and oxygen atoms in total. The quantitative estimate of drug-likeness (QED) is 0.0111. The molecule has 0 aliphatic carbocycles. The molecule has 2 aromatic rings. The highest BCUT2D eigenvalue weighted by atomic mass is 16.7. The Morgan fingerprint density at radius 3 is 2.07 bits per heavy atom. The van der Waals surface area contributed by atoms with E-state index < -0.39 is 70.9 Å². The number of ether oxygens (including phenoxy) is 6. The summed E-state index contributed by atoms with van der Waals surface area (Å²) in [4.78, 5) is 109. The van der Waals surface area contributed by atoms with Crippen LogP contribution in [0.2, 0.25) is 0 Å². The molecule has 2 atom stereocenters. The first-order valence-corrected chi connectivity index (χ1v) is 21.4. The zero-order valence-electron chi connectivity index (χ0n) is 37.7. The highest BCUT2D eigenvalue weighted by Crippen LogP contribution is 2.19. The molecule has 9 N–H and O–H groups in total. The molecule has 69 heavy (non-hydrogen) atoms. The van der Waals surface area contributed by atoms with E-state index in [1.165, 1.54) is 48.6 Å². The Kier molecular flexibility index (Phi) is 21.9. The normalized spacial score (nSPS) is 13.7. The summed E-state index contributed by atoms with van der Waals surface area (Å²) in [5.74, 6) is -2.47. The Bertz CT molecular complexity index is 2150. The minimum atomic E-state index is -1.12. The molecule has 4 rings (SSSR count). The van der Waals surface area contributed by atoms with Crippen LogP contribution in [-0.4, -0.2) is 141 Å². The molecule has 0 saturated carbocycles. The highest BCUT2D eigenvalue weighted by molar-refractivity contribution is 6.12. The standard InChI is InChI=1S/C42H55N11O16/c1-27(2)36(48-41(60)67-23-21-64-18-16-51-25-30(49-50-51)24-45-40(59)66-22-20-65-19-17-52-34(54)13-14-35(52)55)38(57)47-33(4-3-15-44-39(43)58)37(56)46-29-7-5-28(6-8-29)26-68-42(61)69-32-11-9-31(10-12-32)53(62)63/h5-14,25,27,33,36,49-50H,3-4,15-24,26H2,1-2H3,(H,45,59)(H,46,56)(H,47,57)(H,48,60)(H3,43,44,58)/t33-,36-/m0/s1. The van der Waals surface area contributed by atoms with Crippen LogP contribution in [-0.2, 0) is 49.5 Å². The Labute approximate surface area is 394 Å². The van der Waals surface area contributed by atoms with Gasteiger partial charge in [-0.25, -0.2) is 19.2 Å². The third-order valence-corrected chi connectivity index (χ3v) is 9.50. The minimum Gasteiger partial charge on any atom is -0.447 e. The summed E-state index contributed by atoms with van der Waals surface area (Å²) in [6.45, 7) is 4.11. The Morgan fingerprint density at radius 2 is 1.43 bits per heavy atom. The van der Waals surface area contributed by atoms with Crippen molar-refractivity contribution in [3.63, 3.8) is 0 Å². The molecular weight excluding hydrogens is 915 g/mol. The van der Waals surface area contributed by atoms with Gasteiger partial charge in [0, 0.05) is 42.7 Å². The maximum absolute atomic E-state index is 13.5. The van der Waals surface area contributed by atoms with Crippen LogP contribution in [0.15, 0.2) is 72.6 Å². The molecule has 0 fully saturated rings. The van der Waals surface area contributed by atoms with Gasteiger partial charge in [-0.2, -0.15) is 0 Å². The molecule has 27 heteroatoms. The SMILES string of the molecule is CC(C)[C@H](NC(=O)OCCOCCN1C=C(CNC(=O)OCCOCCN2C(=O)C=CC2=O)NN1)C(=O)N[C@@H](CCCNC(N)=O)C(=O)Nc1ccc(COC(=O)Oc2ccc([N+](=O)[O-])cc2)cc1. The number of nitro groups is 1. The predicted octanol–water partition coefficient (Wildman–Crippen LogP) is 0.784. The number of urea groups is 1. The van der Waals surface area contributed by atoms with Crippen molar-refractivity contribution < 1.29 is 71.7 Å². The molecule has 0 saturated heterocycles. The maximum atomic E-state index is 13.5. The average Bonchev–Trinajstić information content (AvgIpc) is 3.91. The second-order valence-corrected chi connectivity index (χ2v) is 15.0. The van der Waals surface area contributed by atoms with Crippen LogP contribution >= 0.6 is 0 Å². The van der Waals surface area contributed by atoms with E-state index in [1.54, 1.807) is 37.2 Å². The fraction of sp³-hybridized carbons (Fsp3) is 0.429. The smallest absolute Gasteiger partial charge is 0.447 e. The van der Waals surface area contributed by atoms with Gasteiger partial charge in [0.2, 0.25) is 11.8 Å². The summed E-state index contributed by atoms with van der Waals surface area (Å²) in [5, 5.41) is 25.4. The van der Waals surface area contributed by atoms with Crippen LogP contribution in [0.1, 0.15) is 32.3 Å². The monoisotopic (exact) mass is 969 g/mol. The van der Waals surface area contributed by atoms with Gasteiger partial charge in [0.05, 0.1) is 56.7 Å². The lowest BCUT2D eigenvalue weighted by Gasteiger charge is -2.25. The first-order valence-electron chi connectivity index (χ1n) is 21.4. The number of carbonyl (C=O) groups is 8. The Morgan fingerprint density at radius 1 is 0.783 bits per heavy atom. The molecule has 2 heterocycles. The third kappa shape index (κ3) is 19.8. The van der Waals surface area contributed by atoms with Crippen LogP contribution < -0.4 is 48.0 Å². The summed E-state index contributed by atoms with van der Waals surface area (Å²) in [6.07, 6.45) is 1.77. The zero-order valence-corrected chi connectivity index (χ0v) is 37.7. The number of hydrazine groups is 2. The van der Waals surface area contributed by atoms with Gasteiger partial charge in [0.25, 0.3) is 17.5 Å². The fourth-order valence-corrected chi connectivity index (χ4v) is 5.96. The minimum absolute atomic E-state index is 0.0268. The molecule has 2 aliphatic heterocycles. The van der Waals surface area contributed by atoms with Crippen molar-refractivity contribution in [1.82, 2.24) is 42.1 Å². The lowest BCUT2D eigenvalue weighted by atomic mass is 10.0. The topological polar surface area (TPSA) is 352 Å². The molecule has 2 aromatic carbocycles. The van der Waals surface area contributed by atoms with E-state index in [2.05, 4.69) is 37.5 Å². The number of nitro benzene ring substituents is 1. The number of carbonyl (C=O) groups excluding carboxylic acids is 8. The average molecular weight is 970 g/mol. The van der Waals surface area contributed by atoms with E-state index >= 15 is 0 Å². The number of hydrogen-bond acceptors (Lipinski definition) is 19. The van der Waals surface area contributed by atoms with Crippen molar-refractivity contribution >= 4 is 59.4 Å². The highest BCUT2D eigenvalue weighted by Gasteiger charge is 2.29. The van der Waals surface area contributed by atoms with Gasteiger partial charge in [-0.1, -0.05) is 26.0 Å². The third-order valence-electron chi connectivity index (χ3n) is 9.50. The van der Waals surface area contributed by atoms with Crippen molar-refractivity contribution in [2.45, 2.75) is 45.4 Å². The van der Waals surface area contributed by atoms with Crippen LogP contribution in [0.4, 0.5) is 30.6 Å². The van der Waals surface area contributed by atoms with E-state index in [9.17, 15) is 48.5 Å². The zero-order chi connectivity index (χ0) is 50.1. The van der Waals surface area contributed by atoms with Crippen molar-refractivity contribution in [1.29, 1.82) is 0 Å². The van der Waals surface area contributed by atoms with E-state index in [4.69, 9.17) is 34.2 Å². The number of rotatable bonds is 28. The summed E-state index contributed by atoms with van der Waals surface area (Å²) in [7, 11) is 0. The van der Waals surface area contributed by atoms with Gasteiger partial charge in [-0.3, -0.25) is 39.2 Å². The second-order valence-electron chi connectivity index (χ2n) is 15.0. The molecule has 374 valence electrons. The Balaban J connectivity index is 1.12. The van der Waals surface area contributed by atoms with Crippen LogP contribution in [0.3, 0.4) is 0 Å². The number of primary amides is 1. The number of benzene rings is 2. The van der Waals surface area contributed by atoms with E-state index in [0.717, 1.165) is 4.90 Å². The van der Waals surface area contributed by atoms with Gasteiger partial charge >= 0.3 is 24.4 Å². The van der Waals surface area contributed by atoms with Gasteiger partial charge < -0.3 is 66.2 Å². The number of amides is 8. The van der Waals surface area contributed by atoms with Crippen molar-refractivity contribution in [3.8, 4) is 5.75 Å². The molecular formula is C42H55N11O16. The number of anilines is 1. The molecule has 0 bridgehead atoms. The molecule has 0 spiro atoms. The number of nitrogens with zero attached hydrogens (tertiary/aromatic N) is 3. The second kappa shape index (κ2) is 28.2. The largest absolute Gasteiger partial charge is 0.514 e. The molecule has 0 radical (unpaired) electrons. The number of non-ortho nitro benzene ring substituents is 1. The first-order chi connectivity index (χ1) is 33.1. The molecule has 8 amide bonds. The number of imide groups is 1. The number of hydrogen-bond donors (Lipinski definition) is 8. The number of alkyl carbamates (subject to hydrolysis) is 2. The fourth-order valence-electron chi connectivity index (χ4n) is 5.96. The van der Waals surface area contributed by atoms with Crippen molar-refractivity contribution in [3.05, 3.63) is 88.3 Å². The van der Waals surface area contributed by atoms with Crippen molar-refractivity contribution in [2.75, 3.05) is 71.1 Å². The summed E-state index contributed by atoms with van der Waals surface area (Å²) >= 11 is 0. The van der Waals surface area contributed by atoms with Crippen LogP contribution in [0.25, 0.3) is 0 Å². The number of nitrogens with one attached hydrogen (secondary N) is 7. The molecule has 2 aliphatic rings. The van der Waals surface area contributed by atoms with Gasteiger partial charge in [0.1, 0.15) is 37.7 Å². The maximum Gasteiger partial charge on any atom is 0.514 e. The molecule has 0 aromatic heterocycles. The Hall–Kier alpha value is -8.04.